The highest BCUT2D eigenvalue weighted by molar-refractivity contribution is 5.81. The number of fused-ring (bicyclic) bond motifs is 1. The maximum atomic E-state index is 13.1. The summed E-state index contributed by atoms with van der Waals surface area (Å²) in [6.07, 6.45) is 2.66. The molecule has 0 unspecified atom stereocenters. The highest BCUT2D eigenvalue weighted by Crippen LogP contribution is 2.42. The van der Waals surface area contributed by atoms with E-state index in [1.807, 2.05) is 50.2 Å². The van der Waals surface area contributed by atoms with Gasteiger partial charge in [0.05, 0.1) is 6.04 Å². The Kier molecular flexibility index (Phi) is 6.51. The van der Waals surface area contributed by atoms with Crippen molar-refractivity contribution < 1.29 is 14.3 Å². The van der Waals surface area contributed by atoms with Crippen LogP contribution in [0.2, 0.25) is 0 Å². The van der Waals surface area contributed by atoms with Gasteiger partial charge in [-0.3, -0.25) is 4.79 Å². The van der Waals surface area contributed by atoms with Crippen LogP contribution in [-0.4, -0.2) is 17.6 Å². The zero-order valence-corrected chi connectivity index (χ0v) is 18.2. The van der Waals surface area contributed by atoms with Crippen molar-refractivity contribution >= 4 is 5.91 Å². The number of amides is 1. The molecule has 1 heterocycles. The van der Waals surface area contributed by atoms with Gasteiger partial charge in [0.1, 0.15) is 17.1 Å². The van der Waals surface area contributed by atoms with Crippen LogP contribution in [0.4, 0.5) is 0 Å². The lowest BCUT2D eigenvalue weighted by Crippen LogP contribution is -2.47. The van der Waals surface area contributed by atoms with Crippen LogP contribution in [-0.2, 0) is 4.79 Å². The minimum absolute atomic E-state index is 0.0738. The molecule has 0 saturated carbocycles. The molecule has 3 rings (SSSR count). The molecule has 0 saturated heterocycles. The first kappa shape index (κ1) is 21.2. The maximum Gasteiger partial charge on any atom is 0.261 e. The van der Waals surface area contributed by atoms with E-state index in [2.05, 4.69) is 32.2 Å². The van der Waals surface area contributed by atoms with Crippen molar-refractivity contribution in [2.75, 3.05) is 0 Å². The molecule has 4 nitrogen and oxygen atoms in total. The Morgan fingerprint density at radius 3 is 2.55 bits per heavy atom. The summed E-state index contributed by atoms with van der Waals surface area (Å²) in [6, 6.07) is 14.0. The third-order valence-electron chi connectivity index (χ3n) is 6.07. The van der Waals surface area contributed by atoms with E-state index in [9.17, 15) is 4.79 Å². The van der Waals surface area contributed by atoms with Gasteiger partial charge in [0.25, 0.3) is 5.91 Å². The van der Waals surface area contributed by atoms with Gasteiger partial charge in [-0.2, -0.15) is 0 Å². The molecular formula is C25H33NO3. The van der Waals surface area contributed by atoms with E-state index in [1.54, 1.807) is 0 Å². The summed E-state index contributed by atoms with van der Waals surface area (Å²) in [5.74, 6) is 1.56. The van der Waals surface area contributed by atoms with Crippen molar-refractivity contribution in [2.24, 2.45) is 0 Å². The van der Waals surface area contributed by atoms with Gasteiger partial charge >= 0.3 is 0 Å². The van der Waals surface area contributed by atoms with Crippen LogP contribution < -0.4 is 14.8 Å². The molecule has 2 atom stereocenters. The number of aryl methyl sites for hydroxylation is 2. The second-order valence-electron chi connectivity index (χ2n) is 8.08. The molecule has 29 heavy (non-hydrogen) atoms. The summed E-state index contributed by atoms with van der Waals surface area (Å²) >= 11 is 0. The Hall–Kier alpha value is -2.49. The normalized spacial score (nSPS) is 18.3. The topological polar surface area (TPSA) is 47.6 Å². The number of carbonyl (C=O) groups excluding carboxylic acids is 1. The molecule has 2 aromatic rings. The summed E-state index contributed by atoms with van der Waals surface area (Å²) in [7, 11) is 0. The third kappa shape index (κ3) is 4.58. The number of nitrogens with one attached hydrogen (secondary N) is 1. The van der Waals surface area contributed by atoms with Crippen LogP contribution in [0.5, 0.6) is 11.5 Å². The Labute approximate surface area is 174 Å². The third-order valence-corrected chi connectivity index (χ3v) is 6.07. The SMILES string of the molecule is CC[C@H](Oc1ccc(C)cc1C)C(=O)N[C@H]1CC(CC)(CC)Oc2ccccc21. The highest BCUT2D eigenvalue weighted by atomic mass is 16.5. The quantitative estimate of drug-likeness (QED) is 0.658. The molecule has 0 radical (unpaired) electrons. The van der Waals surface area contributed by atoms with E-state index in [4.69, 9.17) is 9.47 Å². The van der Waals surface area contributed by atoms with Gasteiger partial charge in [0.2, 0.25) is 0 Å². The minimum Gasteiger partial charge on any atom is -0.487 e. The van der Waals surface area contributed by atoms with Crippen molar-refractivity contribution in [3.05, 3.63) is 59.2 Å². The van der Waals surface area contributed by atoms with Crippen LogP contribution in [0.25, 0.3) is 0 Å². The largest absolute Gasteiger partial charge is 0.487 e. The van der Waals surface area contributed by atoms with Gasteiger partial charge < -0.3 is 14.8 Å². The van der Waals surface area contributed by atoms with Crippen LogP contribution in [0, 0.1) is 13.8 Å². The second kappa shape index (κ2) is 8.89. The van der Waals surface area contributed by atoms with E-state index in [0.717, 1.165) is 41.9 Å². The predicted octanol–water partition coefficient (Wildman–Crippen LogP) is 5.66. The number of benzene rings is 2. The molecule has 1 aliphatic heterocycles. The van der Waals surface area contributed by atoms with Crippen molar-refractivity contribution in [3.8, 4) is 11.5 Å². The summed E-state index contributed by atoms with van der Waals surface area (Å²) < 4.78 is 12.5. The van der Waals surface area contributed by atoms with Gasteiger partial charge in [-0.1, -0.05) is 56.7 Å². The lowest BCUT2D eigenvalue weighted by molar-refractivity contribution is -0.129. The highest BCUT2D eigenvalue weighted by Gasteiger charge is 2.39. The first-order chi connectivity index (χ1) is 13.9. The average molecular weight is 396 g/mol. The lowest BCUT2D eigenvalue weighted by atomic mass is 9.83. The number of hydrogen-bond acceptors (Lipinski definition) is 3. The van der Waals surface area contributed by atoms with Crippen molar-refractivity contribution in [1.82, 2.24) is 5.32 Å². The molecule has 1 amide bonds. The zero-order valence-electron chi connectivity index (χ0n) is 18.2. The van der Waals surface area contributed by atoms with Gasteiger partial charge in [0.15, 0.2) is 6.10 Å². The summed E-state index contributed by atoms with van der Waals surface area (Å²) in [6.45, 7) is 10.3. The first-order valence-corrected chi connectivity index (χ1v) is 10.7. The molecule has 0 spiro atoms. The number of ether oxygens (including phenoxy) is 2. The Morgan fingerprint density at radius 2 is 1.90 bits per heavy atom. The minimum atomic E-state index is -0.524. The van der Waals surface area contributed by atoms with E-state index < -0.39 is 6.10 Å². The number of para-hydroxylation sites is 1. The van der Waals surface area contributed by atoms with E-state index in [-0.39, 0.29) is 17.6 Å². The molecule has 1 N–H and O–H groups in total. The second-order valence-corrected chi connectivity index (χ2v) is 8.08. The Balaban J connectivity index is 1.80. The van der Waals surface area contributed by atoms with Gasteiger partial charge in [-0.25, -0.2) is 0 Å². The molecule has 4 heteroatoms. The monoisotopic (exact) mass is 395 g/mol. The first-order valence-electron chi connectivity index (χ1n) is 10.7. The molecule has 0 fully saturated rings. The van der Waals surface area contributed by atoms with Crippen molar-refractivity contribution in [3.63, 3.8) is 0 Å². The van der Waals surface area contributed by atoms with E-state index >= 15 is 0 Å². The molecule has 0 aromatic heterocycles. The lowest BCUT2D eigenvalue weighted by Gasteiger charge is -2.42. The summed E-state index contributed by atoms with van der Waals surface area (Å²) in [5, 5.41) is 3.26. The number of hydrogen-bond donors (Lipinski definition) is 1. The fourth-order valence-electron chi connectivity index (χ4n) is 4.10. The number of carbonyl (C=O) groups is 1. The smallest absolute Gasteiger partial charge is 0.261 e. The van der Waals surface area contributed by atoms with Crippen LogP contribution in [0.3, 0.4) is 0 Å². The fourth-order valence-corrected chi connectivity index (χ4v) is 4.10. The average Bonchev–Trinajstić information content (AvgIpc) is 2.73. The molecule has 2 aromatic carbocycles. The van der Waals surface area contributed by atoms with Crippen LogP contribution >= 0.6 is 0 Å². The fraction of sp³-hybridized carbons (Fsp3) is 0.480. The molecule has 156 valence electrons. The zero-order chi connectivity index (χ0) is 21.0. The molecule has 0 bridgehead atoms. The van der Waals surface area contributed by atoms with Gasteiger partial charge in [-0.15, -0.1) is 0 Å². The summed E-state index contributed by atoms with van der Waals surface area (Å²) in [5.41, 5.74) is 3.02. The van der Waals surface area contributed by atoms with Crippen molar-refractivity contribution in [2.45, 2.75) is 78.0 Å². The summed E-state index contributed by atoms with van der Waals surface area (Å²) in [4.78, 5) is 13.1. The van der Waals surface area contributed by atoms with E-state index in [0.29, 0.717) is 6.42 Å². The van der Waals surface area contributed by atoms with Gasteiger partial charge in [-0.05, 0) is 50.8 Å². The van der Waals surface area contributed by atoms with Crippen molar-refractivity contribution in [1.29, 1.82) is 0 Å². The van der Waals surface area contributed by atoms with Crippen LogP contribution in [0.1, 0.15) is 69.2 Å². The van der Waals surface area contributed by atoms with Crippen LogP contribution in [0.15, 0.2) is 42.5 Å². The predicted molar refractivity (Wildman–Crippen MR) is 117 cm³/mol. The molecular weight excluding hydrogens is 362 g/mol. The van der Waals surface area contributed by atoms with E-state index in [1.165, 1.54) is 5.56 Å². The van der Waals surface area contributed by atoms with Gasteiger partial charge in [0, 0.05) is 12.0 Å². The Bertz CT molecular complexity index is 857. The molecule has 0 aliphatic carbocycles. The Morgan fingerprint density at radius 1 is 1.17 bits per heavy atom. The number of rotatable bonds is 7. The molecule has 1 aliphatic rings. The maximum absolute atomic E-state index is 13.1. The standard InChI is InChI=1S/C25H33NO3/c1-6-21(28-22-14-13-17(4)15-18(22)5)24(27)26-20-16-25(7-2,8-3)29-23-12-10-9-11-19(20)23/h9-15,20-21H,6-8,16H2,1-5H3,(H,26,27)/t20-,21-/m0/s1.